The van der Waals surface area contributed by atoms with Crippen LogP contribution in [0.3, 0.4) is 0 Å². The van der Waals surface area contributed by atoms with Gasteiger partial charge in [-0.3, -0.25) is 0 Å². The molecule has 0 aliphatic carbocycles. The second-order valence-corrected chi connectivity index (χ2v) is 5.45. The van der Waals surface area contributed by atoms with E-state index in [1.165, 1.54) is 0 Å². The highest BCUT2D eigenvalue weighted by molar-refractivity contribution is 6.03. The molecule has 0 saturated carbocycles. The van der Waals surface area contributed by atoms with Crippen LogP contribution in [-0.2, 0) is 0 Å². The zero-order valence-corrected chi connectivity index (χ0v) is 14.6. The highest BCUT2D eigenvalue weighted by Gasteiger charge is 2.21. The molecule has 5 nitrogen and oxygen atoms in total. The third kappa shape index (κ3) is 2.89. The van der Waals surface area contributed by atoms with Crippen molar-refractivity contribution in [2.75, 3.05) is 28.4 Å². The van der Waals surface area contributed by atoms with Crippen molar-refractivity contribution in [3.63, 3.8) is 0 Å². The molecule has 0 amide bonds. The topological polar surface area (TPSA) is 57.2 Å². The second kappa shape index (κ2) is 6.81. The van der Waals surface area contributed by atoms with Gasteiger partial charge in [0.25, 0.3) is 0 Å². The molecule has 0 fully saturated rings. The summed E-state index contributed by atoms with van der Waals surface area (Å²) in [6.07, 6.45) is 0. The zero-order valence-electron chi connectivity index (χ0n) is 14.6. The van der Waals surface area contributed by atoms with E-state index < -0.39 is 0 Å². The molecule has 25 heavy (non-hydrogen) atoms. The fraction of sp³-hybridized carbons (Fsp3) is 0.200. The lowest BCUT2D eigenvalue weighted by Crippen LogP contribution is -1.96. The van der Waals surface area contributed by atoms with Crippen LogP contribution in [0.2, 0.25) is 0 Å². The molecule has 0 aliphatic rings. The Morgan fingerprint density at radius 1 is 0.640 bits per heavy atom. The summed E-state index contributed by atoms with van der Waals surface area (Å²) >= 11 is 0. The molecule has 130 valence electrons. The van der Waals surface area contributed by atoms with E-state index in [4.69, 9.17) is 18.9 Å². The molecule has 0 heterocycles. The predicted molar refractivity (Wildman–Crippen MR) is 97.3 cm³/mol. The quantitative estimate of drug-likeness (QED) is 0.752. The molecule has 3 aromatic carbocycles. The Kier molecular flexibility index (Phi) is 4.57. The molecule has 0 radical (unpaired) electrons. The molecule has 0 aromatic heterocycles. The van der Waals surface area contributed by atoms with E-state index in [-0.39, 0.29) is 5.75 Å². The summed E-state index contributed by atoms with van der Waals surface area (Å²) in [6, 6.07) is 12.7. The van der Waals surface area contributed by atoms with E-state index in [0.717, 1.165) is 10.8 Å². The van der Waals surface area contributed by atoms with Gasteiger partial charge in [-0.1, -0.05) is 12.1 Å². The maximum atomic E-state index is 10.6. The van der Waals surface area contributed by atoms with Gasteiger partial charge in [-0.2, -0.15) is 0 Å². The number of fused-ring (bicyclic) bond motifs is 1. The van der Waals surface area contributed by atoms with Crippen LogP contribution in [0, 0.1) is 0 Å². The number of rotatable bonds is 5. The second-order valence-electron chi connectivity index (χ2n) is 5.45. The molecule has 0 aliphatic heterocycles. The first-order chi connectivity index (χ1) is 12.1. The third-order valence-corrected chi connectivity index (χ3v) is 4.17. The van der Waals surface area contributed by atoms with Crippen molar-refractivity contribution in [2.45, 2.75) is 0 Å². The summed E-state index contributed by atoms with van der Waals surface area (Å²) in [5.41, 5.74) is 1.27. The summed E-state index contributed by atoms with van der Waals surface area (Å²) in [4.78, 5) is 0. The molecule has 0 unspecified atom stereocenters. The summed E-state index contributed by atoms with van der Waals surface area (Å²) in [5.74, 6) is 2.52. The van der Waals surface area contributed by atoms with Gasteiger partial charge in [0.2, 0.25) is 0 Å². The van der Waals surface area contributed by atoms with Crippen molar-refractivity contribution in [1.29, 1.82) is 0 Å². The summed E-state index contributed by atoms with van der Waals surface area (Å²) in [7, 11) is 6.33. The third-order valence-electron chi connectivity index (χ3n) is 4.17. The van der Waals surface area contributed by atoms with Gasteiger partial charge in [-0.15, -0.1) is 0 Å². The van der Waals surface area contributed by atoms with E-state index in [0.29, 0.717) is 34.1 Å². The molecule has 5 heteroatoms. The van der Waals surface area contributed by atoms with Crippen molar-refractivity contribution >= 4 is 10.8 Å². The monoisotopic (exact) mass is 340 g/mol. The Morgan fingerprint density at radius 2 is 1.24 bits per heavy atom. The SMILES string of the molecule is COc1cc(OC)c(-c2c(O)ccc3ccc(OC)cc23)c(OC)c1. The largest absolute Gasteiger partial charge is 0.507 e. The molecule has 0 bridgehead atoms. The molecule has 3 rings (SSSR count). The van der Waals surface area contributed by atoms with Crippen LogP contribution in [0.1, 0.15) is 0 Å². The van der Waals surface area contributed by atoms with E-state index in [1.807, 2.05) is 24.3 Å². The predicted octanol–water partition coefficient (Wildman–Crippen LogP) is 4.25. The first kappa shape index (κ1) is 16.8. The van der Waals surface area contributed by atoms with Crippen LogP contribution in [0.4, 0.5) is 0 Å². The van der Waals surface area contributed by atoms with Gasteiger partial charge in [-0.25, -0.2) is 0 Å². The number of benzene rings is 3. The normalized spacial score (nSPS) is 10.6. The van der Waals surface area contributed by atoms with Crippen molar-refractivity contribution in [3.05, 3.63) is 42.5 Å². The fourth-order valence-corrected chi connectivity index (χ4v) is 2.93. The standard InChI is InChI=1S/C20H20O5/c1-22-13-7-5-12-6-8-16(21)19(15(12)9-13)20-17(24-3)10-14(23-2)11-18(20)25-4/h5-11,21H,1-4H3. The molecule has 1 N–H and O–H groups in total. The number of methoxy groups -OCH3 is 4. The average molecular weight is 340 g/mol. The lowest BCUT2D eigenvalue weighted by atomic mass is 9.95. The zero-order chi connectivity index (χ0) is 18.0. The van der Waals surface area contributed by atoms with Crippen molar-refractivity contribution < 1.29 is 24.1 Å². The van der Waals surface area contributed by atoms with Crippen LogP contribution in [0.15, 0.2) is 42.5 Å². The van der Waals surface area contributed by atoms with Crippen LogP contribution in [0.25, 0.3) is 21.9 Å². The van der Waals surface area contributed by atoms with Crippen molar-refractivity contribution in [3.8, 4) is 39.9 Å². The van der Waals surface area contributed by atoms with Crippen LogP contribution in [0.5, 0.6) is 28.7 Å². The Labute approximate surface area is 146 Å². The van der Waals surface area contributed by atoms with Gasteiger partial charge < -0.3 is 24.1 Å². The van der Waals surface area contributed by atoms with Crippen LogP contribution in [-0.4, -0.2) is 33.5 Å². The summed E-state index contributed by atoms with van der Waals surface area (Å²) in [5, 5.41) is 12.4. The van der Waals surface area contributed by atoms with Gasteiger partial charge in [0.15, 0.2) is 0 Å². The smallest absolute Gasteiger partial charge is 0.134 e. The minimum Gasteiger partial charge on any atom is -0.507 e. The fourth-order valence-electron chi connectivity index (χ4n) is 2.93. The minimum atomic E-state index is 0.127. The molecule has 3 aromatic rings. The number of aromatic hydroxyl groups is 1. The number of hydrogen-bond acceptors (Lipinski definition) is 5. The van der Waals surface area contributed by atoms with Crippen molar-refractivity contribution in [1.82, 2.24) is 0 Å². The Bertz CT molecular complexity index is 892. The molecular weight excluding hydrogens is 320 g/mol. The first-order valence-corrected chi connectivity index (χ1v) is 7.73. The summed E-state index contributed by atoms with van der Waals surface area (Å²) < 4.78 is 21.7. The Balaban J connectivity index is 2.41. The number of ether oxygens (including phenoxy) is 4. The Hall–Kier alpha value is -3.08. The Morgan fingerprint density at radius 3 is 1.80 bits per heavy atom. The number of phenolic OH excluding ortho intramolecular Hbond substituents is 1. The summed E-state index contributed by atoms with van der Waals surface area (Å²) in [6.45, 7) is 0. The molecular formula is C20H20O5. The van der Waals surface area contributed by atoms with Crippen molar-refractivity contribution in [2.24, 2.45) is 0 Å². The maximum absolute atomic E-state index is 10.6. The number of hydrogen-bond donors (Lipinski definition) is 1. The lowest BCUT2D eigenvalue weighted by molar-refractivity contribution is 0.377. The lowest BCUT2D eigenvalue weighted by Gasteiger charge is -2.18. The molecule has 0 atom stereocenters. The van der Waals surface area contributed by atoms with E-state index in [2.05, 4.69) is 0 Å². The van der Waals surface area contributed by atoms with Gasteiger partial charge >= 0.3 is 0 Å². The van der Waals surface area contributed by atoms with Gasteiger partial charge in [-0.05, 0) is 29.0 Å². The highest BCUT2D eigenvalue weighted by atomic mass is 16.5. The highest BCUT2D eigenvalue weighted by Crippen LogP contribution is 2.48. The van der Waals surface area contributed by atoms with E-state index in [1.54, 1.807) is 46.6 Å². The van der Waals surface area contributed by atoms with Gasteiger partial charge in [0.1, 0.15) is 28.7 Å². The van der Waals surface area contributed by atoms with E-state index >= 15 is 0 Å². The minimum absolute atomic E-state index is 0.127. The van der Waals surface area contributed by atoms with Gasteiger partial charge in [0, 0.05) is 17.7 Å². The molecule has 0 saturated heterocycles. The average Bonchev–Trinajstić information content (AvgIpc) is 2.66. The van der Waals surface area contributed by atoms with Crippen LogP contribution < -0.4 is 18.9 Å². The first-order valence-electron chi connectivity index (χ1n) is 7.73. The molecule has 0 spiro atoms. The van der Waals surface area contributed by atoms with E-state index in [9.17, 15) is 5.11 Å². The maximum Gasteiger partial charge on any atom is 0.134 e. The number of phenols is 1. The van der Waals surface area contributed by atoms with Gasteiger partial charge in [0.05, 0.1) is 34.0 Å². The van der Waals surface area contributed by atoms with Crippen LogP contribution >= 0.6 is 0 Å².